The molecule has 0 bridgehead atoms. The van der Waals surface area contributed by atoms with Crippen molar-refractivity contribution >= 4 is 0 Å². The van der Waals surface area contributed by atoms with Gasteiger partial charge in [0.2, 0.25) is 0 Å². The minimum absolute atomic E-state index is 0.270. The molecule has 0 spiro atoms. The van der Waals surface area contributed by atoms with Crippen LogP contribution in [0.25, 0.3) is 0 Å². The maximum absolute atomic E-state index is 12.7. The molecular weight excluding hydrogens is 217 g/mol. The number of allylic oxidation sites excluding steroid dienone is 2. The highest BCUT2D eigenvalue weighted by molar-refractivity contribution is 5.27. The summed E-state index contributed by atoms with van der Waals surface area (Å²) in [5, 5.41) is 0. The van der Waals surface area contributed by atoms with E-state index in [4.69, 9.17) is 10.5 Å². The second-order valence-electron chi connectivity index (χ2n) is 3.55. The highest BCUT2D eigenvalue weighted by atomic mass is 19.1. The van der Waals surface area contributed by atoms with Gasteiger partial charge in [-0.15, -0.1) is 0 Å². The molecule has 17 heavy (non-hydrogen) atoms. The minimum atomic E-state index is -0.270. The topological polar surface area (TPSA) is 35.2 Å². The second-order valence-corrected chi connectivity index (χ2v) is 3.55. The highest BCUT2D eigenvalue weighted by Crippen LogP contribution is 2.15. The van der Waals surface area contributed by atoms with Crippen LogP contribution < -0.4 is 10.5 Å². The number of benzene rings is 1. The van der Waals surface area contributed by atoms with E-state index in [1.165, 1.54) is 12.1 Å². The molecule has 0 unspecified atom stereocenters. The predicted octanol–water partition coefficient (Wildman–Crippen LogP) is 3.40. The number of rotatable bonds is 6. The molecule has 2 N–H and O–H groups in total. The number of hydrogen-bond donors (Lipinski definition) is 1. The molecular formula is C14H18FNO. The molecule has 2 nitrogen and oxygen atoms in total. The van der Waals surface area contributed by atoms with E-state index in [9.17, 15) is 4.39 Å². The Hall–Kier alpha value is -1.61. The SMILES string of the molecule is CC/C=C\C(=C/CCN)Oc1ccc(F)cc1. The van der Waals surface area contributed by atoms with Crippen LogP contribution in [0.3, 0.4) is 0 Å². The lowest BCUT2D eigenvalue weighted by Crippen LogP contribution is -1.98. The van der Waals surface area contributed by atoms with E-state index in [0.29, 0.717) is 12.3 Å². The van der Waals surface area contributed by atoms with Crippen molar-refractivity contribution in [3.63, 3.8) is 0 Å². The molecule has 0 heterocycles. The minimum Gasteiger partial charge on any atom is -0.458 e. The Morgan fingerprint density at radius 2 is 2.06 bits per heavy atom. The first-order valence-electron chi connectivity index (χ1n) is 5.76. The van der Waals surface area contributed by atoms with Crippen LogP contribution in [0.15, 0.2) is 48.3 Å². The lowest BCUT2D eigenvalue weighted by Gasteiger charge is -2.06. The van der Waals surface area contributed by atoms with E-state index < -0.39 is 0 Å². The van der Waals surface area contributed by atoms with Crippen LogP contribution in [0.4, 0.5) is 4.39 Å². The van der Waals surface area contributed by atoms with Gasteiger partial charge in [0.05, 0.1) is 0 Å². The average Bonchev–Trinajstić information content (AvgIpc) is 2.35. The molecule has 0 aromatic heterocycles. The molecule has 0 amide bonds. The van der Waals surface area contributed by atoms with Gasteiger partial charge in [-0.05, 0) is 55.8 Å². The third-order valence-corrected chi connectivity index (χ3v) is 2.08. The third kappa shape index (κ3) is 5.31. The van der Waals surface area contributed by atoms with Crippen molar-refractivity contribution in [2.75, 3.05) is 6.54 Å². The molecule has 1 rings (SSSR count). The Labute approximate surface area is 102 Å². The van der Waals surface area contributed by atoms with Gasteiger partial charge in [0, 0.05) is 0 Å². The lowest BCUT2D eigenvalue weighted by atomic mass is 10.3. The van der Waals surface area contributed by atoms with Gasteiger partial charge in [-0.1, -0.05) is 13.0 Å². The van der Waals surface area contributed by atoms with Crippen molar-refractivity contribution in [3.05, 3.63) is 54.1 Å². The molecule has 3 heteroatoms. The fourth-order valence-corrected chi connectivity index (χ4v) is 1.24. The van der Waals surface area contributed by atoms with Crippen molar-refractivity contribution in [2.24, 2.45) is 5.73 Å². The summed E-state index contributed by atoms with van der Waals surface area (Å²) in [6, 6.07) is 5.95. The van der Waals surface area contributed by atoms with Gasteiger partial charge in [-0.25, -0.2) is 4.39 Å². The first kappa shape index (κ1) is 13.5. The van der Waals surface area contributed by atoms with Gasteiger partial charge in [-0.3, -0.25) is 0 Å². The molecule has 0 saturated heterocycles. The zero-order valence-electron chi connectivity index (χ0n) is 10.0. The fourth-order valence-electron chi connectivity index (χ4n) is 1.24. The number of nitrogens with two attached hydrogens (primary N) is 1. The third-order valence-electron chi connectivity index (χ3n) is 2.08. The van der Waals surface area contributed by atoms with E-state index in [1.54, 1.807) is 12.1 Å². The lowest BCUT2D eigenvalue weighted by molar-refractivity contribution is 0.440. The maximum atomic E-state index is 12.7. The van der Waals surface area contributed by atoms with Crippen LogP contribution in [0.2, 0.25) is 0 Å². The van der Waals surface area contributed by atoms with E-state index in [1.807, 2.05) is 18.2 Å². The van der Waals surface area contributed by atoms with Crippen LogP contribution in [0.1, 0.15) is 19.8 Å². The second kappa shape index (κ2) is 7.63. The zero-order chi connectivity index (χ0) is 12.5. The fraction of sp³-hybridized carbons (Fsp3) is 0.286. The number of hydrogen-bond acceptors (Lipinski definition) is 2. The van der Waals surface area contributed by atoms with Crippen LogP contribution in [0, 0.1) is 5.82 Å². The van der Waals surface area contributed by atoms with Crippen LogP contribution in [0.5, 0.6) is 5.75 Å². The summed E-state index contributed by atoms with van der Waals surface area (Å²) in [5.74, 6) is 1.09. The summed E-state index contributed by atoms with van der Waals surface area (Å²) in [5.41, 5.74) is 5.44. The van der Waals surface area contributed by atoms with Crippen LogP contribution in [-0.4, -0.2) is 6.54 Å². The Bertz CT molecular complexity index is 382. The van der Waals surface area contributed by atoms with E-state index in [-0.39, 0.29) is 5.82 Å². The average molecular weight is 235 g/mol. The van der Waals surface area contributed by atoms with Crippen molar-refractivity contribution in [3.8, 4) is 5.75 Å². The molecule has 0 fully saturated rings. The molecule has 0 aliphatic heterocycles. The molecule has 0 radical (unpaired) electrons. The van der Waals surface area contributed by atoms with Gasteiger partial charge in [-0.2, -0.15) is 0 Å². The Kier molecular flexibility index (Phi) is 6.04. The van der Waals surface area contributed by atoms with Crippen molar-refractivity contribution < 1.29 is 9.13 Å². The number of ether oxygens (including phenoxy) is 1. The van der Waals surface area contributed by atoms with E-state index in [2.05, 4.69) is 6.92 Å². The highest BCUT2D eigenvalue weighted by Gasteiger charge is 1.97. The molecule has 1 aromatic rings. The van der Waals surface area contributed by atoms with Gasteiger partial charge in [0.15, 0.2) is 0 Å². The van der Waals surface area contributed by atoms with Crippen molar-refractivity contribution in [1.29, 1.82) is 0 Å². The molecule has 0 aliphatic carbocycles. The van der Waals surface area contributed by atoms with Gasteiger partial charge in [0.1, 0.15) is 17.3 Å². The maximum Gasteiger partial charge on any atom is 0.127 e. The van der Waals surface area contributed by atoms with Crippen LogP contribution in [-0.2, 0) is 0 Å². The summed E-state index contributed by atoms with van der Waals surface area (Å²) in [6.07, 6.45) is 7.53. The molecule has 0 aliphatic rings. The molecule has 0 saturated carbocycles. The summed E-state index contributed by atoms with van der Waals surface area (Å²) >= 11 is 0. The van der Waals surface area contributed by atoms with Crippen molar-refractivity contribution in [1.82, 2.24) is 0 Å². The summed E-state index contributed by atoms with van der Waals surface area (Å²) in [6.45, 7) is 2.63. The summed E-state index contributed by atoms with van der Waals surface area (Å²) in [7, 11) is 0. The van der Waals surface area contributed by atoms with Crippen LogP contribution >= 0.6 is 0 Å². The number of halogens is 1. The summed E-state index contributed by atoms with van der Waals surface area (Å²) < 4.78 is 18.4. The van der Waals surface area contributed by atoms with E-state index >= 15 is 0 Å². The Morgan fingerprint density at radius 1 is 1.35 bits per heavy atom. The quantitative estimate of drug-likeness (QED) is 0.606. The first-order chi connectivity index (χ1) is 8.26. The Balaban J connectivity index is 2.71. The molecule has 0 atom stereocenters. The molecule has 1 aromatic carbocycles. The molecule has 92 valence electrons. The van der Waals surface area contributed by atoms with Gasteiger partial charge >= 0.3 is 0 Å². The zero-order valence-corrected chi connectivity index (χ0v) is 10.0. The normalized spacial score (nSPS) is 12.1. The predicted molar refractivity (Wildman–Crippen MR) is 68.2 cm³/mol. The van der Waals surface area contributed by atoms with Crippen molar-refractivity contribution in [2.45, 2.75) is 19.8 Å². The Morgan fingerprint density at radius 3 is 2.65 bits per heavy atom. The van der Waals surface area contributed by atoms with Gasteiger partial charge < -0.3 is 10.5 Å². The largest absolute Gasteiger partial charge is 0.458 e. The first-order valence-corrected chi connectivity index (χ1v) is 5.76. The van der Waals surface area contributed by atoms with Gasteiger partial charge in [0.25, 0.3) is 0 Å². The van der Waals surface area contributed by atoms with E-state index in [0.717, 1.165) is 18.6 Å². The monoisotopic (exact) mass is 235 g/mol. The summed E-state index contributed by atoms with van der Waals surface area (Å²) in [4.78, 5) is 0. The smallest absolute Gasteiger partial charge is 0.127 e. The standard InChI is InChI=1S/C14H18FNO/c1-2-3-5-13(6-4-11-16)17-14-9-7-12(15)8-10-14/h3,5-10H,2,4,11,16H2,1H3/b5-3-,13-6+.